The Labute approximate surface area is 118 Å². The lowest BCUT2D eigenvalue weighted by molar-refractivity contribution is -0.120. The highest BCUT2D eigenvalue weighted by Crippen LogP contribution is 2.33. The number of benzene rings is 1. The third kappa shape index (κ3) is 2.64. The Balaban J connectivity index is 1.50. The molecule has 2 aromatic rings. The Kier molecular flexibility index (Phi) is 3.37. The minimum atomic E-state index is 0.00616. The van der Waals surface area contributed by atoms with Crippen LogP contribution in [0.5, 0.6) is 0 Å². The summed E-state index contributed by atoms with van der Waals surface area (Å²) in [7, 11) is 0. The fraction of sp³-hybridized carbons (Fsp3) is 0.250. The smallest absolute Gasteiger partial charge is 0.226 e. The molecule has 0 fully saturated rings. The molecule has 3 N–H and O–H groups in total. The van der Waals surface area contributed by atoms with Gasteiger partial charge in [0.25, 0.3) is 0 Å². The summed E-state index contributed by atoms with van der Waals surface area (Å²) in [6.07, 6.45) is 2.93. The lowest BCUT2D eigenvalue weighted by Crippen LogP contribution is -2.34. The Bertz CT molecular complexity index is 622. The number of aromatic nitrogens is 1. The summed E-state index contributed by atoms with van der Waals surface area (Å²) in [6.45, 7) is 0.699. The predicted octanol–water partition coefficient (Wildman–Crippen LogP) is 1.66. The van der Waals surface area contributed by atoms with E-state index in [0.717, 1.165) is 12.1 Å². The molecule has 1 atom stereocenters. The number of carbonyl (C=O) groups excluding carboxylic acids is 1. The highest BCUT2D eigenvalue weighted by molar-refractivity contribution is 5.78. The third-order valence-corrected chi connectivity index (χ3v) is 3.70. The fourth-order valence-electron chi connectivity index (χ4n) is 2.55. The van der Waals surface area contributed by atoms with Gasteiger partial charge in [-0.2, -0.15) is 0 Å². The highest BCUT2D eigenvalue weighted by Gasteiger charge is 2.25. The van der Waals surface area contributed by atoms with Crippen molar-refractivity contribution >= 4 is 11.6 Å². The number of pyridine rings is 1. The number of nitrogens with two attached hydrogens (primary N) is 1. The molecule has 0 bridgehead atoms. The Morgan fingerprint density at radius 2 is 2.15 bits per heavy atom. The van der Waals surface area contributed by atoms with Gasteiger partial charge in [-0.05, 0) is 29.7 Å². The van der Waals surface area contributed by atoms with Gasteiger partial charge in [-0.1, -0.05) is 24.3 Å². The van der Waals surface area contributed by atoms with E-state index >= 15 is 0 Å². The number of fused-ring (bicyclic) bond motifs is 1. The molecule has 0 saturated heterocycles. The van der Waals surface area contributed by atoms with E-state index in [9.17, 15) is 4.79 Å². The monoisotopic (exact) mass is 267 g/mol. The van der Waals surface area contributed by atoms with Crippen molar-refractivity contribution in [2.75, 3.05) is 12.3 Å². The van der Waals surface area contributed by atoms with Gasteiger partial charge >= 0.3 is 0 Å². The van der Waals surface area contributed by atoms with Crippen LogP contribution in [0.2, 0.25) is 0 Å². The molecule has 0 aliphatic heterocycles. The van der Waals surface area contributed by atoms with Gasteiger partial charge in [0.15, 0.2) is 0 Å². The number of anilines is 1. The molecule has 20 heavy (non-hydrogen) atoms. The van der Waals surface area contributed by atoms with E-state index in [2.05, 4.69) is 28.5 Å². The first-order valence-electron chi connectivity index (χ1n) is 6.77. The Morgan fingerprint density at radius 3 is 2.90 bits per heavy atom. The van der Waals surface area contributed by atoms with Crippen LogP contribution < -0.4 is 11.1 Å². The van der Waals surface area contributed by atoms with Crippen molar-refractivity contribution in [3.8, 4) is 0 Å². The van der Waals surface area contributed by atoms with Crippen LogP contribution in [-0.4, -0.2) is 17.4 Å². The first kappa shape index (κ1) is 12.7. The lowest BCUT2D eigenvalue weighted by atomic mass is 9.77. The molecule has 4 heteroatoms. The average Bonchev–Trinajstić information content (AvgIpc) is 2.42. The summed E-state index contributed by atoms with van der Waals surface area (Å²) >= 11 is 0. The van der Waals surface area contributed by atoms with Crippen LogP contribution >= 0.6 is 0 Å². The van der Waals surface area contributed by atoms with Crippen molar-refractivity contribution in [2.45, 2.75) is 18.8 Å². The molecule has 1 heterocycles. The van der Waals surface area contributed by atoms with Gasteiger partial charge in [-0.15, -0.1) is 0 Å². The van der Waals surface area contributed by atoms with Crippen molar-refractivity contribution < 1.29 is 4.79 Å². The predicted molar refractivity (Wildman–Crippen MR) is 78.3 cm³/mol. The van der Waals surface area contributed by atoms with E-state index in [1.54, 1.807) is 18.3 Å². The fourth-order valence-corrected chi connectivity index (χ4v) is 2.55. The van der Waals surface area contributed by atoms with Gasteiger partial charge in [-0.3, -0.25) is 9.78 Å². The first-order chi connectivity index (χ1) is 9.72. The number of hydrogen-bond acceptors (Lipinski definition) is 3. The number of rotatable bonds is 4. The van der Waals surface area contributed by atoms with Crippen LogP contribution in [0.4, 0.5) is 5.69 Å². The molecule has 0 spiro atoms. The SMILES string of the molecule is Nc1ccc(CC(=O)NCC2Cc3ccccc32)nc1. The Hall–Kier alpha value is -2.36. The average molecular weight is 267 g/mol. The summed E-state index contributed by atoms with van der Waals surface area (Å²) in [5, 5.41) is 2.98. The van der Waals surface area contributed by atoms with E-state index in [4.69, 9.17) is 5.73 Å². The van der Waals surface area contributed by atoms with Crippen molar-refractivity contribution in [3.63, 3.8) is 0 Å². The summed E-state index contributed by atoms with van der Waals surface area (Å²) in [5.74, 6) is 0.459. The molecule has 1 aliphatic rings. The van der Waals surface area contributed by atoms with Crippen molar-refractivity contribution in [1.29, 1.82) is 0 Å². The highest BCUT2D eigenvalue weighted by atomic mass is 16.1. The number of nitrogens with zero attached hydrogens (tertiary/aromatic N) is 1. The molecule has 102 valence electrons. The molecule has 1 unspecified atom stereocenters. The normalized spacial score (nSPS) is 16.1. The second kappa shape index (κ2) is 5.33. The number of amides is 1. The van der Waals surface area contributed by atoms with Gasteiger partial charge < -0.3 is 11.1 Å². The minimum absolute atomic E-state index is 0.00616. The second-order valence-electron chi connectivity index (χ2n) is 5.16. The molecule has 1 aromatic carbocycles. The maximum Gasteiger partial charge on any atom is 0.226 e. The van der Waals surface area contributed by atoms with Gasteiger partial charge in [0, 0.05) is 18.2 Å². The van der Waals surface area contributed by atoms with Crippen LogP contribution in [0.1, 0.15) is 22.7 Å². The van der Waals surface area contributed by atoms with E-state index in [-0.39, 0.29) is 5.91 Å². The largest absolute Gasteiger partial charge is 0.397 e. The second-order valence-corrected chi connectivity index (χ2v) is 5.16. The summed E-state index contributed by atoms with van der Waals surface area (Å²) in [4.78, 5) is 16.0. The summed E-state index contributed by atoms with van der Waals surface area (Å²) < 4.78 is 0. The number of carbonyl (C=O) groups is 1. The van der Waals surface area contributed by atoms with E-state index in [0.29, 0.717) is 24.6 Å². The van der Waals surface area contributed by atoms with Gasteiger partial charge in [0.1, 0.15) is 0 Å². The molecule has 1 aliphatic carbocycles. The topological polar surface area (TPSA) is 68.0 Å². The van der Waals surface area contributed by atoms with Gasteiger partial charge in [-0.25, -0.2) is 0 Å². The number of hydrogen-bond donors (Lipinski definition) is 2. The van der Waals surface area contributed by atoms with E-state index in [1.807, 2.05) is 6.07 Å². The minimum Gasteiger partial charge on any atom is -0.397 e. The van der Waals surface area contributed by atoms with Crippen LogP contribution in [0, 0.1) is 0 Å². The van der Waals surface area contributed by atoms with Crippen LogP contribution in [-0.2, 0) is 17.6 Å². The van der Waals surface area contributed by atoms with E-state index < -0.39 is 0 Å². The van der Waals surface area contributed by atoms with Crippen LogP contribution in [0.25, 0.3) is 0 Å². The molecule has 1 amide bonds. The maximum atomic E-state index is 11.9. The molecule has 0 radical (unpaired) electrons. The van der Waals surface area contributed by atoms with E-state index in [1.165, 1.54) is 11.1 Å². The Morgan fingerprint density at radius 1 is 1.30 bits per heavy atom. The molecule has 0 saturated carbocycles. The zero-order valence-electron chi connectivity index (χ0n) is 11.2. The molecular formula is C16H17N3O. The third-order valence-electron chi connectivity index (χ3n) is 3.70. The van der Waals surface area contributed by atoms with Gasteiger partial charge in [0.2, 0.25) is 5.91 Å². The van der Waals surface area contributed by atoms with Crippen LogP contribution in [0.15, 0.2) is 42.6 Å². The van der Waals surface area contributed by atoms with Crippen molar-refractivity contribution in [3.05, 3.63) is 59.4 Å². The lowest BCUT2D eigenvalue weighted by Gasteiger charge is -2.30. The van der Waals surface area contributed by atoms with Gasteiger partial charge in [0.05, 0.1) is 18.3 Å². The summed E-state index contributed by atoms with van der Waals surface area (Å²) in [5.41, 5.74) is 9.67. The first-order valence-corrected chi connectivity index (χ1v) is 6.77. The molecule has 3 rings (SSSR count). The summed E-state index contributed by atoms with van der Waals surface area (Å²) in [6, 6.07) is 11.9. The number of nitrogen functional groups attached to an aromatic ring is 1. The van der Waals surface area contributed by atoms with Crippen LogP contribution in [0.3, 0.4) is 0 Å². The molecular weight excluding hydrogens is 250 g/mol. The molecule has 4 nitrogen and oxygen atoms in total. The van der Waals surface area contributed by atoms with Crippen molar-refractivity contribution in [1.82, 2.24) is 10.3 Å². The maximum absolute atomic E-state index is 11.9. The number of nitrogens with one attached hydrogen (secondary N) is 1. The standard InChI is InChI=1S/C16H17N3O/c17-13-5-6-14(18-10-13)8-16(20)19-9-12-7-11-3-1-2-4-15(11)12/h1-6,10,12H,7-9,17H2,(H,19,20). The zero-order valence-corrected chi connectivity index (χ0v) is 11.2. The molecule has 1 aromatic heterocycles. The zero-order chi connectivity index (χ0) is 13.9. The van der Waals surface area contributed by atoms with Crippen molar-refractivity contribution in [2.24, 2.45) is 0 Å². The quantitative estimate of drug-likeness (QED) is 0.885.